The summed E-state index contributed by atoms with van der Waals surface area (Å²) in [5, 5.41) is 0. The van der Waals surface area contributed by atoms with Crippen LogP contribution in [0.5, 0.6) is 0 Å². The highest BCUT2D eigenvalue weighted by atomic mass is 35.5. The van der Waals surface area contributed by atoms with Crippen LogP contribution < -0.4 is 0 Å². The van der Waals surface area contributed by atoms with Crippen molar-refractivity contribution >= 4 is 23.2 Å². The molecule has 0 amide bonds. The monoisotopic (exact) mass is 160 g/mol. The molecule has 0 unspecified atom stereocenters. The van der Waals surface area contributed by atoms with Crippen LogP contribution in [-0.4, -0.2) is 4.59 Å². The molecule has 0 aliphatic carbocycles. The van der Waals surface area contributed by atoms with E-state index in [0.29, 0.717) is 6.08 Å². The van der Waals surface area contributed by atoms with Crippen LogP contribution in [0, 0.1) is 0 Å². The van der Waals surface area contributed by atoms with E-state index in [0.717, 1.165) is 6.92 Å². The van der Waals surface area contributed by atoms with Crippen molar-refractivity contribution in [1.82, 2.24) is 0 Å². The van der Waals surface area contributed by atoms with Gasteiger partial charge >= 0.3 is 0 Å². The third-order valence-electron chi connectivity index (χ3n) is 0.363. The lowest BCUT2D eigenvalue weighted by Crippen LogP contribution is -1.96. The van der Waals surface area contributed by atoms with Gasteiger partial charge in [-0.1, -0.05) is 23.2 Å². The molecule has 48 valence electrons. The summed E-state index contributed by atoms with van der Waals surface area (Å²) in [5.74, 6) is -0.738. The van der Waals surface area contributed by atoms with Crippen LogP contribution in [-0.2, 0) is 0 Å². The Morgan fingerprint density at radius 3 is 2.00 bits per heavy atom. The minimum Gasteiger partial charge on any atom is -0.212 e. The number of hydrogen-bond donors (Lipinski definition) is 0. The molecule has 0 aliphatic heterocycles. The fraction of sp³-hybridized carbons (Fsp3) is 0.500. The van der Waals surface area contributed by atoms with Crippen molar-refractivity contribution in [2.75, 3.05) is 0 Å². The Morgan fingerprint density at radius 1 is 1.62 bits per heavy atom. The zero-order valence-corrected chi connectivity index (χ0v) is 5.60. The third kappa shape index (κ3) is 6.18. The van der Waals surface area contributed by atoms with Crippen molar-refractivity contribution in [2.45, 2.75) is 11.5 Å². The molecule has 0 saturated carbocycles. The summed E-state index contributed by atoms with van der Waals surface area (Å²) in [6.45, 7) is 1.05. The van der Waals surface area contributed by atoms with Gasteiger partial charge in [0.2, 0.25) is 0 Å². The van der Waals surface area contributed by atoms with Crippen LogP contribution >= 0.6 is 23.2 Å². The first-order valence-electron chi connectivity index (χ1n) is 1.83. The molecular weight excluding hydrogens is 157 g/mol. The zero-order valence-electron chi connectivity index (χ0n) is 4.09. The van der Waals surface area contributed by atoms with Crippen LogP contribution in [0.2, 0.25) is 0 Å². The van der Waals surface area contributed by atoms with E-state index in [2.05, 4.69) is 0 Å². The van der Waals surface area contributed by atoms with E-state index in [1.54, 1.807) is 0 Å². The number of alkyl halides is 3. The molecule has 0 aromatic rings. The van der Waals surface area contributed by atoms with Crippen LogP contribution in [0.1, 0.15) is 6.92 Å². The smallest absolute Gasteiger partial charge is 0.212 e. The molecule has 0 aliphatic rings. The summed E-state index contributed by atoms with van der Waals surface area (Å²) in [5.41, 5.74) is 0. The van der Waals surface area contributed by atoms with Crippen molar-refractivity contribution in [1.29, 1.82) is 0 Å². The summed E-state index contributed by atoms with van der Waals surface area (Å²) in [6, 6.07) is 0. The maximum absolute atomic E-state index is 11.9. The summed E-state index contributed by atoms with van der Waals surface area (Å²) in [6.07, 6.45) is 0.468. The predicted octanol–water partition coefficient (Wildman–Crippen LogP) is 2.96. The molecule has 0 rings (SSSR count). The molecule has 0 fully saturated rings. The second kappa shape index (κ2) is 2.65. The molecular formula is C4H4Cl2F2. The first-order valence-corrected chi connectivity index (χ1v) is 2.59. The second-order valence-electron chi connectivity index (χ2n) is 1.27. The molecule has 0 spiro atoms. The Hall–Kier alpha value is 0.180. The van der Waals surface area contributed by atoms with Gasteiger partial charge in [0.05, 0.1) is 5.83 Å². The first kappa shape index (κ1) is 8.18. The second-order valence-corrected chi connectivity index (χ2v) is 2.57. The molecule has 0 atom stereocenters. The third-order valence-corrected chi connectivity index (χ3v) is 0.581. The van der Waals surface area contributed by atoms with Gasteiger partial charge in [0, 0.05) is 6.08 Å². The SMILES string of the molecule is C/C(F)=C/C(F)(Cl)Cl. The Labute approximate surface area is 56.1 Å². The molecule has 4 heteroatoms. The van der Waals surface area contributed by atoms with Gasteiger partial charge < -0.3 is 0 Å². The van der Waals surface area contributed by atoms with E-state index in [1.165, 1.54) is 0 Å². The van der Waals surface area contributed by atoms with Gasteiger partial charge in [-0.15, -0.1) is 0 Å². The Kier molecular flexibility index (Phi) is 2.71. The molecule has 0 N–H and O–H groups in total. The van der Waals surface area contributed by atoms with Crippen molar-refractivity contribution in [2.24, 2.45) is 0 Å². The standard InChI is InChI=1S/C4H4Cl2F2/c1-3(7)2-4(5,6)8/h2H,1H3/b3-2-. The fourth-order valence-electron chi connectivity index (χ4n) is 0.226. The highest BCUT2D eigenvalue weighted by Crippen LogP contribution is 2.25. The largest absolute Gasteiger partial charge is 0.279 e. The van der Waals surface area contributed by atoms with Gasteiger partial charge in [-0.25, -0.2) is 8.78 Å². The van der Waals surface area contributed by atoms with Crippen molar-refractivity contribution in [3.8, 4) is 0 Å². The number of rotatable bonds is 1. The van der Waals surface area contributed by atoms with Crippen LogP contribution in [0.3, 0.4) is 0 Å². The predicted molar refractivity (Wildman–Crippen MR) is 30.4 cm³/mol. The average molecular weight is 161 g/mol. The van der Waals surface area contributed by atoms with Crippen molar-refractivity contribution in [3.05, 3.63) is 11.9 Å². The van der Waals surface area contributed by atoms with Crippen LogP contribution in [0.4, 0.5) is 8.78 Å². The van der Waals surface area contributed by atoms with E-state index in [1.807, 2.05) is 0 Å². The molecule has 0 saturated heterocycles. The van der Waals surface area contributed by atoms with E-state index < -0.39 is 10.4 Å². The molecule has 0 radical (unpaired) electrons. The van der Waals surface area contributed by atoms with E-state index in [-0.39, 0.29) is 0 Å². The van der Waals surface area contributed by atoms with Crippen molar-refractivity contribution in [3.63, 3.8) is 0 Å². The quantitative estimate of drug-likeness (QED) is 0.518. The fourth-order valence-corrected chi connectivity index (χ4v) is 0.526. The van der Waals surface area contributed by atoms with Gasteiger partial charge in [-0.2, -0.15) is 0 Å². The molecule has 0 nitrogen and oxygen atoms in total. The number of hydrogen-bond acceptors (Lipinski definition) is 0. The Morgan fingerprint density at radius 2 is 2.00 bits per heavy atom. The molecule has 0 bridgehead atoms. The number of halogens is 4. The Balaban J connectivity index is 3.89. The minimum absolute atomic E-state index is 0.468. The van der Waals surface area contributed by atoms with Crippen molar-refractivity contribution < 1.29 is 8.78 Å². The first-order chi connectivity index (χ1) is 3.42. The molecule has 0 heterocycles. The van der Waals surface area contributed by atoms with Gasteiger partial charge in [-0.3, -0.25) is 0 Å². The minimum atomic E-state index is -2.57. The highest BCUT2D eigenvalue weighted by molar-refractivity contribution is 6.48. The van der Waals surface area contributed by atoms with E-state index >= 15 is 0 Å². The topological polar surface area (TPSA) is 0 Å². The van der Waals surface area contributed by atoms with Gasteiger partial charge in [-0.05, 0) is 6.92 Å². The summed E-state index contributed by atoms with van der Waals surface area (Å²) in [4.78, 5) is 0. The number of allylic oxidation sites excluding steroid dienone is 2. The summed E-state index contributed by atoms with van der Waals surface area (Å²) >= 11 is 9.42. The van der Waals surface area contributed by atoms with Crippen LogP contribution in [0.15, 0.2) is 11.9 Å². The molecule has 8 heavy (non-hydrogen) atoms. The van der Waals surface area contributed by atoms with Crippen LogP contribution in [0.25, 0.3) is 0 Å². The maximum Gasteiger partial charge on any atom is 0.279 e. The normalized spacial score (nSPS) is 14.4. The highest BCUT2D eigenvalue weighted by Gasteiger charge is 2.17. The van der Waals surface area contributed by atoms with Gasteiger partial charge in [0.25, 0.3) is 4.59 Å². The molecule has 0 aromatic heterocycles. The Bertz CT molecular complexity index is 99.1. The van der Waals surface area contributed by atoms with Gasteiger partial charge in [0.1, 0.15) is 0 Å². The van der Waals surface area contributed by atoms with E-state index in [9.17, 15) is 8.78 Å². The maximum atomic E-state index is 11.9. The lowest BCUT2D eigenvalue weighted by molar-refractivity contribution is 0.452. The average Bonchev–Trinajstić information content (AvgIpc) is 1.21. The lowest BCUT2D eigenvalue weighted by atomic mass is 10.5. The zero-order chi connectivity index (χ0) is 6.78. The molecule has 0 aromatic carbocycles. The van der Waals surface area contributed by atoms with Gasteiger partial charge in [0.15, 0.2) is 0 Å². The summed E-state index contributed by atoms with van der Waals surface area (Å²) in [7, 11) is 0. The lowest BCUT2D eigenvalue weighted by Gasteiger charge is -1.98. The van der Waals surface area contributed by atoms with E-state index in [4.69, 9.17) is 23.2 Å². The summed E-state index contributed by atoms with van der Waals surface area (Å²) < 4.78 is 20.9.